The minimum atomic E-state index is -3.64. The van der Waals surface area contributed by atoms with Crippen molar-refractivity contribution in [2.24, 2.45) is 0 Å². The van der Waals surface area contributed by atoms with Crippen LogP contribution >= 0.6 is 11.3 Å². The lowest BCUT2D eigenvalue weighted by Gasteiger charge is -2.25. The Morgan fingerprint density at radius 2 is 2.07 bits per heavy atom. The number of benzene rings is 1. The number of carbonyl (C=O) groups is 1. The van der Waals surface area contributed by atoms with Crippen LogP contribution in [0, 0.1) is 0 Å². The summed E-state index contributed by atoms with van der Waals surface area (Å²) in [5.41, 5.74) is 1.10. The number of esters is 1. The molecule has 0 amide bonds. The number of morpholine rings is 1. The molecule has 3 aromatic rings. The second-order valence-electron chi connectivity index (χ2n) is 6.58. The van der Waals surface area contributed by atoms with E-state index in [0.717, 1.165) is 15.2 Å². The van der Waals surface area contributed by atoms with Gasteiger partial charge in [0.15, 0.2) is 0 Å². The normalized spacial score (nSPS) is 15.6. The highest BCUT2D eigenvalue weighted by molar-refractivity contribution is 7.89. The van der Waals surface area contributed by atoms with E-state index in [1.165, 1.54) is 16.6 Å². The summed E-state index contributed by atoms with van der Waals surface area (Å²) >= 11 is 1.63. The van der Waals surface area contributed by atoms with E-state index in [4.69, 9.17) is 9.47 Å². The smallest absolute Gasteiger partial charge is 0.354 e. The fraction of sp³-hybridized carbons (Fsp3) is 0.368. The molecule has 0 bridgehead atoms. The van der Waals surface area contributed by atoms with Gasteiger partial charge in [-0.15, -0.1) is 11.3 Å². The van der Waals surface area contributed by atoms with E-state index in [2.05, 4.69) is 9.97 Å². The van der Waals surface area contributed by atoms with Crippen LogP contribution in [0.5, 0.6) is 0 Å². The summed E-state index contributed by atoms with van der Waals surface area (Å²) in [7, 11) is -3.64. The monoisotopic (exact) mass is 435 g/mol. The molecule has 4 rings (SSSR count). The van der Waals surface area contributed by atoms with Crippen LogP contribution in [0.4, 0.5) is 0 Å². The average molecular weight is 436 g/mol. The maximum atomic E-state index is 12.6. The van der Waals surface area contributed by atoms with Crippen LogP contribution in [0.3, 0.4) is 0 Å². The minimum Gasteiger partial charge on any atom is -0.461 e. The van der Waals surface area contributed by atoms with Crippen LogP contribution < -0.4 is 0 Å². The maximum Gasteiger partial charge on any atom is 0.354 e. The van der Waals surface area contributed by atoms with Gasteiger partial charge in [0, 0.05) is 25.7 Å². The molecule has 0 spiro atoms. The number of hydrogen-bond acceptors (Lipinski definition) is 7. The number of para-hydroxylation sites is 1. The number of sulfonamides is 1. The summed E-state index contributed by atoms with van der Waals surface area (Å²) in [6.45, 7) is 1.58. The lowest BCUT2D eigenvalue weighted by Crippen LogP contribution is -2.40. The predicted octanol–water partition coefficient (Wildman–Crippen LogP) is 2.43. The van der Waals surface area contributed by atoms with Crippen LogP contribution in [-0.2, 0) is 25.9 Å². The molecule has 8 nitrogen and oxygen atoms in total. The van der Waals surface area contributed by atoms with Crippen molar-refractivity contribution in [2.75, 3.05) is 32.9 Å². The van der Waals surface area contributed by atoms with Crippen LogP contribution in [0.15, 0.2) is 41.4 Å². The number of thiazole rings is 1. The van der Waals surface area contributed by atoms with Crippen molar-refractivity contribution in [3.8, 4) is 0 Å². The lowest BCUT2D eigenvalue weighted by atomic mass is 10.3. The van der Waals surface area contributed by atoms with Gasteiger partial charge in [-0.2, -0.15) is 4.31 Å². The quantitative estimate of drug-likeness (QED) is 0.452. The van der Waals surface area contributed by atoms with Gasteiger partial charge in [0.25, 0.3) is 0 Å². The first-order valence-corrected chi connectivity index (χ1v) is 11.6. The highest BCUT2D eigenvalue weighted by Gasteiger charge is 2.28. The molecule has 0 atom stereocenters. The largest absolute Gasteiger partial charge is 0.461 e. The molecule has 2 aromatic heterocycles. The molecule has 1 aliphatic rings. The molecule has 1 aromatic carbocycles. The SMILES string of the molecule is O=C(OCCCc1nc2ccccc2s1)c1cc(S(=O)(=O)N2CCOCC2)c[nH]1. The second-order valence-corrected chi connectivity index (χ2v) is 9.63. The molecule has 0 saturated carbocycles. The zero-order chi connectivity index (χ0) is 20.3. The van der Waals surface area contributed by atoms with Crippen molar-refractivity contribution >= 4 is 37.5 Å². The molecule has 29 heavy (non-hydrogen) atoms. The van der Waals surface area contributed by atoms with Gasteiger partial charge >= 0.3 is 5.97 Å². The van der Waals surface area contributed by atoms with E-state index < -0.39 is 16.0 Å². The summed E-state index contributed by atoms with van der Waals surface area (Å²) in [5, 5.41) is 1.00. The third-order valence-electron chi connectivity index (χ3n) is 4.59. The Morgan fingerprint density at radius 3 is 2.86 bits per heavy atom. The van der Waals surface area contributed by atoms with Gasteiger partial charge in [-0.3, -0.25) is 0 Å². The fourth-order valence-electron chi connectivity index (χ4n) is 3.07. The zero-order valence-corrected chi connectivity index (χ0v) is 17.3. The second kappa shape index (κ2) is 8.62. The molecule has 3 heterocycles. The van der Waals surface area contributed by atoms with Crippen molar-refractivity contribution in [3.05, 3.63) is 47.2 Å². The van der Waals surface area contributed by atoms with Gasteiger partial charge in [-0.1, -0.05) is 12.1 Å². The highest BCUT2D eigenvalue weighted by Crippen LogP contribution is 2.22. The lowest BCUT2D eigenvalue weighted by molar-refractivity contribution is 0.0494. The Labute approximate surface area is 172 Å². The van der Waals surface area contributed by atoms with Gasteiger partial charge in [-0.25, -0.2) is 18.2 Å². The molecular formula is C19H21N3O5S2. The van der Waals surface area contributed by atoms with Crippen molar-refractivity contribution < 1.29 is 22.7 Å². The first kappa shape index (κ1) is 20.0. The van der Waals surface area contributed by atoms with Crippen LogP contribution in [-0.4, -0.2) is 61.6 Å². The van der Waals surface area contributed by atoms with E-state index in [1.54, 1.807) is 11.3 Å². The van der Waals surface area contributed by atoms with E-state index in [0.29, 0.717) is 39.1 Å². The van der Waals surface area contributed by atoms with Crippen LogP contribution in [0.1, 0.15) is 21.9 Å². The van der Waals surface area contributed by atoms with E-state index >= 15 is 0 Å². The zero-order valence-electron chi connectivity index (χ0n) is 15.7. The van der Waals surface area contributed by atoms with Crippen LogP contribution in [0.2, 0.25) is 0 Å². The Bertz CT molecular complexity index is 1070. The Kier molecular flexibility index (Phi) is 5.95. The summed E-state index contributed by atoms with van der Waals surface area (Å²) < 4.78 is 38.2. The third-order valence-corrected chi connectivity index (χ3v) is 7.56. The van der Waals surface area contributed by atoms with E-state index in [9.17, 15) is 13.2 Å². The molecule has 0 radical (unpaired) electrons. The van der Waals surface area contributed by atoms with Crippen molar-refractivity contribution in [1.29, 1.82) is 0 Å². The van der Waals surface area contributed by atoms with Gasteiger partial charge in [0.2, 0.25) is 10.0 Å². The summed E-state index contributed by atoms with van der Waals surface area (Å²) in [6.07, 6.45) is 2.68. The fourth-order valence-corrected chi connectivity index (χ4v) is 5.48. The molecular weight excluding hydrogens is 414 g/mol. The average Bonchev–Trinajstić information content (AvgIpc) is 3.39. The summed E-state index contributed by atoms with van der Waals surface area (Å²) in [5.74, 6) is -0.572. The number of aryl methyl sites for hydroxylation is 1. The number of hydrogen-bond donors (Lipinski definition) is 1. The Balaban J connectivity index is 1.30. The van der Waals surface area contributed by atoms with Crippen molar-refractivity contribution in [3.63, 3.8) is 0 Å². The number of aromatic amines is 1. The topological polar surface area (TPSA) is 102 Å². The van der Waals surface area contributed by atoms with Gasteiger partial charge < -0.3 is 14.5 Å². The number of nitrogens with one attached hydrogen (secondary N) is 1. The highest BCUT2D eigenvalue weighted by atomic mass is 32.2. The number of rotatable bonds is 7. The van der Waals surface area contributed by atoms with Gasteiger partial charge in [0.05, 0.1) is 35.0 Å². The number of H-pyrrole nitrogens is 1. The number of fused-ring (bicyclic) bond motifs is 1. The molecule has 0 aliphatic carbocycles. The third kappa shape index (κ3) is 4.50. The molecule has 0 unspecified atom stereocenters. The number of aromatic nitrogens is 2. The molecule has 1 aliphatic heterocycles. The van der Waals surface area contributed by atoms with Crippen molar-refractivity contribution in [1.82, 2.24) is 14.3 Å². The Morgan fingerprint density at radius 1 is 1.28 bits per heavy atom. The van der Waals surface area contributed by atoms with Crippen LogP contribution in [0.25, 0.3) is 10.2 Å². The van der Waals surface area contributed by atoms with E-state index in [-0.39, 0.29) is 17.2 Å². The standard InChI is InChI=1S/C19H21N3O5S2/c23-19(27-9-3-6-18-21-15-4-1-2-5-17(15)28-18)16-12-14(13-20-16)29(24,25)22-7-10-26-11-8-22/h1-2,4-5,12-13,20H,3,6-11H2. The number of nitrogens with zero attached hydrogens (tertiary/aromatic N) is 2. The minimum absolute atomic E-state index is 0.0563. The summed E-state index contributed by atoms with van der Waals surface area (Å²) in [6, 6.07) is 9.27. The first-order valence-electron chi connectivity index (χ1n) is 9.32. The Hall–Kier alpha value is -2.27. The molecule has 1 saturated heterocycles. The molecule has 10 heteroatoms. The maximum absolute atomic E-state index is 12.6. The van der Waals surface area contributed by atoms with Crippen molar-refractivity contribution in [2.45, 2.75) is 17.7 Å². The van der Waals surface area contributed by atoms with E-state index in [1.807, 2.05) is 24.3 Å². The molecule has 1 N–H and O–H groups in total. The molecule has 1 fully saturated rings. The number of carbonyl (C=O) groups excluding carboxylic acids is 1. The van der Waals surface area contributed by atoms with Gasteiger partial charge in [0.1, 0.15) is 10.6 Å². The molecule has 154 valence electrons. The number of ether oxygens (including phenoxy) is 2. The van der Waals surface area contributed by atoms with Gasteiger partial charge in [-0.05, 0) is 24.6 Å². The summed E-state index contributed by atoms with van der Waals surface area (Å²) in [4.78, 5) is 19.5. The predicted molar refractivity (Wildman–Crippen MR) is 109 cm³/mol. The first-order chi connectivity index (χ1) is 14.0.